The summed E-state index contributed by atoms with van der Waals surface area (Å²) in [4.78, 5) is 23.6. The van der Waals surface area contributed by atoms with Gasteiger partial charge in [0.2, 0.25) is 11.8 Å². The average Bonchev–Trinajstić information content (AvgIpc) is 2.69. The highest BCUT2D eigenvalue weighted by Crippen LogP contribution is 2.01. The number of hydrazone groups is 2. The second-order valence-corrected chi connectivity index (χ2v) is 5.70. The Balaban J connectivity index is 1.76. The normalized spacial score (nSPS) is 11.8. The Morgan fingerprint density at radius 3 is 1.38 bits per heavy atom. The molecule has 26 heavy (non-hydrogen) atoms. The van der Waals surface area contributed by atoms with Crippen LogP contribution in [0.25, 0.3) is 0 Å². The Morgan fingerprint density at radius 2 is 1.04 bits per heavy atom. The number of nitrogens with one attached hydrogen (secondary N) is 2. The van der Waals surface area contributed by atoms with Crippen LogP contribution in [0.2, 0.25) is 0 Å². The van der Waals surface area contributed by atoms with Gasteiger partial charge in [0.15, 0.2) is 0 Å². The molecule has 0 saturated carbocycles. The van der Waals surface area contributed by atoms with Gasteiger partial charge >= 0.3 is 0 Å². The maximum absolute atomic E-state index is 11.8. The summed E-state index contributed by atoms with van der Waals surface area (Å²) in [6.07, 6.45) is 0.0780. The van der Waals surface area contributed by atoms with Gasteiger partial charge < -0.3 is 0 Å². The van der Waals surface area contributed by atoms with Gasteiger partial charge in [0.05, 0.1) is 11.4 Å². The van der Waals surface area contributed by atoms with E-state index in [4.69, 9.17) is 0 Å². The van der Waals surface area contributed by atoms with E-state index in [1.54, 1.807) is 0 Å². The molecular weight excluding hydrogens is 328 g/mol. The quantitative estimate of drug-likeness (QED) is 0.594. The number of carbonyl (C=O) groups excluding carboxylic acids is 2. The number of nitrogens with zero attached hydrogens (tertiary/aromatic N) is 2. The molecule has 6 nitrogen and oxygen atoms in total. The first-order valence-corrected chi connectivity index (χ1v) is 8.33. The molecule has 0 spiro atoms. The van der Waals surface area contributed by atoms with Crippen molar-refractivity contribution < 1.29 is 9.59 Å². The van der Waals surface area contributed by atoms with Gasteiger partial charge in [-0.3, -0.25) is 9.59 Å². The van der Waals surface area contributed by atoms with Crippen molar-refractivity contribution in [1.82, 2.24) is 10.9 Å². The Bertz CT molecular complexity index is 730. The molecule has 134 valence electrons. The van der Waals surface area contributed by atoms with Gasteiger partial charge in [0, 0.05) is 12.8 Å². The standard InChI is InChI=1S/C20H22N4O2/c1-15(17-9-5-3-6-10-17)21-23-19(25)13-14-20(26)24-22-16(2)18-11-7-4-8-12-18/h3-12H,13-14H2,1-2H3,(H,23,25)(H,24,26)/b21-15-,22-16-. The summed E-state index contributed by atoms with van der Waals surface area (Å²) < 4.78 is 0. The number of hydrogen-bond donors (Lipinski definition) is 2. The Hall–Kier alpha value is -3.28. The summed E-state index contributed by atoms with van der Waals surface area (Å²) in [5, 5.41) is 8.09. The van der Waals surface area contributed by atoms with Crippen molar-refractivity contribution in [2.45, 2.75) is 26.7 Å². The molecule has 0 heterocycles. The van der Waals surface area contributed by atoms with Crippen molar-refractivity contribution in [3.8, 4) is 0 Å². The summed E-state index contributed by atoms with van der Waals surface area (Å²) in [5.41, 5.74) is 8.18. The van der Waals surface area contributed by atoms with Crippen LogP contribution >= 0.6 is 0 Å². The maximum atomic E-state index is 11.8. The molecule has 0 aliphatic heterocycles. The van der Waals surface area contributed by atoms with E-state index in [-0.39, 0.29) is 24.7 Å². The molecule has 0 radical (unpaired) electrons. The van der Waals surface area contributed by atoms with E-state index in [9.17, 15) is 9.59 Å². The van der Waals surface area contributed by atoms with E-state index < -0.39 is 0 Å². The predicted molar refractivity (Wildman–Crippen MR) is 103 cm³/mol. The SMILES string of the molecule is C/C(=N/NC(=O)CCC(=O)N/N=C(/C)c1ccccc1)c1ccccc1. The first kappa shape index (κ1) is 19.1. The van der Waals surface area contributed by atoms with Crippen molar-refractivity contribution in [2.24, 2.45) is 10.2 Å². The van der Waals surface area contributed by atoms with Gasteiger partial charge in [0.1, 0.15) is 0 Å². The van der Waals surface area contributed by atoms with E-state index in [0.717, 1.165) is 11.1 Å². The highest BCUT2D eigenvalue weighted by molar-refractivity contribution is 6.00. The molecule has 0 saturated heterocycles. The number of carbonyl (C=O) groups is 2. The fourth-order valence-electron chi connectivity index (χ4n) is 2.12. The molecule has 2 N–H and O–H groups in total. The molecule has 0 aromatic heterocycles. The van der Waals surface area contributed by atoms with Gasteiger partial charge in [0.25, 0.3) is 0 Å². The molecule has 2 rings (SSSR count). The van der Waals surface area contributed by atoms with Crippen LogP contribution in [0.3, 0.4) is 0 Å². The zero-order valence-corrected chi connectivity index (χ0v) is 14.9. The van der Waals surface area contributed by atoms with Crippen LogP contribution in [0, 0.1) is 0 Å². The molecule has 6 heteroatoms. The summed E-state index contributed by atoms with van der Waals surface area (Å²) in [5.74, 6) is -0.640. The molecule has 2 aromatic rings. The highest BCUT2D eigenvalue weighted by Gasteiger charge is 2.06. The molecule has 2 aromatic carbocycles. The van der Waals surface area contributed by atoms with Crippen molar-refractivity contribution in [2.75, 3.05) is 0 Å². The van der Waals surface area contributed by atoms with Crippen LogP contribution in [0.1, 0.15) is 37.8 Å². The van der Waals surface area contributed by atoms with Crippen molar-refractivity contribution in [3.63, 3.8) is 0 Å². The minimum absolute atomic E-state index is 0.0390. The maximum Gasteiger partial charge on any atom is 0.240 e. The molecule has 0 aliphatic carbocycles. The van der Waals surface area contributed by atoms with Crippen LogP contribution in [-0.2, 0) is 9.59 Å². The summed E-state index contributed by atoms with van der Waals surface area (Å²) in [6.45, 7) is 3.62. The summed E-state index contributed by atoms with van der Waals surface area (Å²) >= 11 is 0. The summed E-state index contributed by atoms with van der Waals surface area (Å²) in [7, 11) is 0. The molecule has 0 bridgehead atoms. The lowest BCUT2D eigenvalue weighted by Crippen LogP contribution is -2.24. The second kappa shape index (κ2) is 9.88. The van der Waals surface area contributed by atoms with Gasteiger partial charge in [-0.2, -0.15) is 10.2 Å². The molecule has 2 amide bonds. The lowest BCUT2D eigenvalue weighted by molar-refractivity contribution is -0.126. The van der Waals surface area contributed by atoms with E-state index in [2.05, 4.69) is 21.1 Å². The minimum Gasteiger partial charge on any atom is -0.273 e. The fraction of sp³-hybridized carbons (Fsp3) is 0.200. The summed E-state index contributed by atoms with van der Waals surface area (Å²) in [6, 6.07) is 19.1. The topological polar surface area (TPSA) is 82.9 Å². The predicted octanol–water partition coefficient (Wildman–Crippen LogP) is 2.85. The number of rotatable bonds is 7. The lowest BCUT2D eigenvalue weighted by atomic mass is 10.1. The Kier molecular flexibility index (Phi) is 7.24. The smallest absolute Gasteiger partial charge is 0.240 e. The third-order valence-electron chi connectivity index (χ3n) is 3.66. The van der Waals surface area contributed by atoms with Crippen molar-refractivity contribution >= 4 is 23.2 Å². The first-order chi connectivity index (χ1) is 12.6. The Labute approximate surface area is 153 Å². The lowest BCUT2D eigenvalue weighted by Gasteiger charge is -2.04. The zero-order valence-electron chi connectivity index (χ0n) is 14.9. The molecule has 0 unspecified atom stereocenters. The third kappa shape index (κ3) is 6.32. The zero-order chi connectivity index (χ0) is 18.8. The Morgan fingerprint density at radius 1 is 0.692 bits per heavy atom. The molecule has 0 atom stereocenters. The van der Waals surface area contributed by atoms with Gasteiger partial charge in [-0.25, -0.2) is 10.9 Å². The van der Waals surface area contributed by atoms with Crippen LogP contribution < -0.4 is 10.9 Å². The van der Waals surface area contributed by atoms with Crippen LogP contribution in [0.5, 0.6) is 0 Å². The van der Waals surface area contributed by atoms with E-state index in [1.165, 1.54) is 0 Å². The van der Waals surface area contributed by atoms with Crippen LogP contribution in [0.15, 0.2) is 70.9 Å². The third-order valence-corrected chi connectivity index (χ3v) is 3.66. The van der Waals surface area contributed by atoms with Gasteiger partial charge in [-0.1, -0.05) is 60.7 Å². The number of benzene rings is 2. The van der Waals surface area contributed by atoms with Gasteiger partial charge in [-0.15, -0.1) is 0 Å². The van der Waals surface area contributed by atoms with E-state index in [1.807, 2.05) is 74.5 Å². The molecule has 0 fully saturated rings. The minimum atomic E-state index is -0.320. The molecular formula is C20H22N4O2. The van der Waals surface area contributed by atoms with Crippen molar-refractivity contribution in [3.05, 3.63) is 71.8 Å². The van der Waals surface area contributed by atoms with E-state index >= 15 is 0 Å². The van der Waals surface area contributed by atoms with Gasteiger partial charge in [-0.05, 0) is 25.0 Å². The van der Waals surface area contributed by atoms with Crippen LogP contribution in [-0.4, -0.2) is 23.2 Å². The highest BCUT2D eigenvalue weighted by atomic mass is 16.2. The largest absolute Gasteiger partial charge is 0.273 e. The second-order valence-electron chi connectivity index (χ2n) is 5.70. The molecule has 0 aliphatic rings. The number of hydrogen-bond acceptors (Lipinski definition) is 4. The fourth-order valence-corrected chi connectivity index (χ4v) is 2.12. The van der Waals surface area contributed by atoms with E-state index in [0.29, 0.717) is 11.4 Å². The van der Waals surface area contributed by atoms with Crippen molar-refractivity contribution in [1.29, 1.82) is 0 Å². The first-order valence-electron chi connectivity index (χ1n) is 8.33. The number of amides is 2. The average molecular weight is 350 g/mol. The van der Waals surface area contributed by atoms with Crippen LogP contribution in [0.4, 0.5) is 0 Å². The monoisotopic (exact) mass is 350 g/mol.